The summed E-state index contributed by atoms with van der Waals surface area (Å²) in [6.07, 6.45) is 0. The van der Waals surface area contributed by atoms with E-state index < -0.39 is 0 Å². The van der Waals surface area contributed by atoms with Gasteiger partial charge >= 0.3 is 0 Å². The fourth-order valence-corrected chi connectivity index (χ4v) is 4.75. The zero-order valence-electron chi connectivity index (χ0n) is 17.1. The number of ketones is 1. The third-order valence-electron chi connectivity index (χ3n) is 4.82. The van der Waals surface area contributed by atoms with Crippen LogP contribution in [0.15, 0.2) is 105 Å². The van der Waals surface area contributed by atoms with Crippen molar-refractivity contribution in [1.29, 1.82) is 0 Å². The van der Waals surface area contributed by atoms with Crippen LogP contribution in [0.2, 0.25) is 0 Å². The van der Waals surface area contributed by atoms with Crippen molar-refractivity contribution in [2.24, 2.45) is 0 Å². The molecule has 4 rings (SSSR count). The molecule has 8 N–H and O–H groups in total. The molecule has 0 aromatic heterocycles. The van der Waals surface area contributed by atoms with Gasteiger partial charge < -0.3 is 22.9 Å². The molecule has 0 amide bonds. The van der Waals surface area contributed by atoms with Crippen LogP contribution in [0.1, 0.15) is 15.9 Å². The van der Waals surface area contributed by atoms with Gasteiger partial charge in [0.25, 0.3) is 0 Å². The van der Waals surface area contributed by atoms with Crippen LogP contribution >= 0.6 is 23.5 Å². The topological polar surface area (TPSA) is 121 Å². The van der Waals surface area contributed by atoms with Crippen molar-refractivity contribution in [2.75, 3.05) is 22.9 Å². The van der Waals surface area contributed by atoms with Gasteiger partial charge in [-0.25, -0.2) is 0 Å². The minimum Gasteiger partial charge on any atom is -0.397 e. The maximum atomic E-state index is 12.9. The summed E-state index contributed by atoms with van der Waals surface area (Å²) in [5, 5.41) is 0. The van der Waals surface area contributed by atoms with Gasteiger partial charge in [-0.3, -0.25) is 4.79 Å². The lowest BCUT2D eigenvalue weighted by Gasteiger charge is -2.07. The van der Waals surface area contributed by atoms with Crippen LogP contribution < -0.4 is 22.9 Å². The molecular weight excluding hydrogens is 436 g/mol. The third-order valence-corrected chi connectivity index (χ3v) is 6.82. The first kappa shape index (κ1) is 21.7. The Balaban J connectivity index is 1.43. The highest BCUT2D eigenvalue weighted by Crippen LogP contribution is 2.32. The first-order valence-corrected chi connectivity index (χ1v) is 11.4. The number of hydrogen-bond acceptors (Lipinski definition) is 7. The van der Waals surface area contributed by atoms with Crippen molar-refractivity contribution in [2.45, 2.75) is 19.6 Å². The molecule has 0 aliphatic rings. The van der Waals surface area contributed by atoms with E-state index >= 15 is 0 Å². The predicted molar refractivity (Wildman–Crippen MR) is 135 cm³/mol. The molecule has 0 bridgehead atoms. The number of carbonyl (C=O) groups is 1. The summed E-state index contributed by atoms with van der Waals surface area (Å²) in [5.74, 6) is -0.0217. The molecule has 0 spiro atoms. The average molecular weight is 459 g/mol. The smallest absolute Gasteiger partial charge is 0.193 e. The molecule has 0 atom stereocenters. The molecule has 7 heteroatoms. The molecule has 32 heavy (non-hydrogen) atoms. The Labute approximate surface area is 195 Å². The van der Waals surface area contributed by atoms with Crippen molar-refractivity contribution in [3.63, 3.8) is 0 Å². The fraction of sp³-hybridized carbons (Fsp3) is 0. The van der Waals surface area contributed by atoms with Gasteiger partial charge in [0.2, 0.25) is 0 Å². The monoisotopic (exact) mass is 458 g/mol. The van der Waals surface area contributed by atoms with E-state index in [9.17, 15) is 4.79 Å². The standard InChI is InChI=1S/C25H22N4OS2/c26-21-11-9-19(13-23(21)28)31-17-5-1-15(2-6-17)25(30)16-3-7-18(8-4-16)32-20-10-12-22(27)24(29)14-20/h1-14H,26-29H2. The number of hydrogen-bond donors (Lipinski definition) is 4. The normalized spacial score (nSPS) is 10.8. The summed E-state index contributed by atoms with van der Waals surface area (Å²) < 4.78 is 0. The van der Waals surface area contributed by atoms with E-state index in [1.54, 1.807) is 35.7 Å². The van der Waals surface area contributed by atoms with Gasteiger partial charge in [-0.2, -0.15) is 0 Å². The van der Waals surface area contributed by atoms with Gasteiger partial charge in [-0.05, 0) is 84.9 Å². The van der Waals surface area contributed by atoms with Crippen LogP contribution in [0.4, 0.5) is 22.7 Å². The lowest BCUT2D eigenvalue weighted by Crippen LogP contribution is -2.00. The van der Waals surface area contributed by atoms with E-state index in [1.807, 2.05) is 72.8 Å². The lowest BCUT2D eigenvalue weighted by molar-refractivity contribution is 0.103. The molecular formula is C25H22N4OS2. The highest BCUT2D eigenvalue weighted by Gasteiger charge is 2.10. The Morgan fingerprint density at radius 3 is 1.16 bits per heavy atom. The summed E-state index contributed by atoms with van der Waals surface area (Å²) in [6, 6.07) is 26.2. The Morgan fingerprint density at radius 2 is 0.812 bits per heavy atom. The van der Waals surface area contributed by atoms with E-state index in [2.05, 4.69) is 0 Å². The number of nitrogen functional groups attached to an aromatic ring is 4. The van der Waals surface area contributed by atoms with Gasteiger partial charge in [0.15, 0.2) is 5.78 Å². The highest BCUT2D eigenvalue weighted by molar-refractivity contribution is 7.99. The highest BCUT2D eigenvalue weighted by atomic mass is 32.2. The van der Waals surface area contributed by atoms with Crippen molar-refractivity contribution in [1.82, 2.24) is 0 Å². The van der Waals surface area contributed by atoms with Gasteiger partial charge in [0.05, 0.1) is 22.7 Å². The van der Waals surface area contributed by atoms with Crippen LogP contribution in [0.5, 0.6) is 0 Å². The molecule has 0 heterocycles. The summed E-state index contributed by atoms with van der Waals surface area (Å²) in [4.78, 5) is 16.9. The molecule has 0 unspecified atom stereocenters. The van der Waals surface area contributed by atoms with Crippen LogP contribution in [0.25, 0.3) is 0 Å². The van der Waals surface area contributed by atoms with Crippen molar-refractivity contribution in [3.8, 4) is 0 Å². The first-order chi connectivity index (χ1) is 15.4. The maximum Gasteiger partial charge on any atom is 0.193 e. The van der Waals surface area contributed by atoms with E-state index in [0.717, 1.165) is 19.6 Å². The zero-order chi connectivity index (χ0) is 22.7. The van der Waals surface area contributed by atoms with Crippen LogP contribution in [-0.2, 0) is 0 Å². The number of rotatable bonds is 6. The van der Waals surface area contributed by atoms with Crippen molar-refractivity contribution >= 4 is 52.1 Å². The molecule has 5 nitrogen and oxygen atoms in total. The largest absolute Gasteiger partial charge is 0.397 e. The molecule has 160 valence electrons. The van der Waals surface area contributed by atoms with Crippen LogP contribution in [-0.4, -0.2) is 5.78 Å². The Hall–Kier alpha value is -3.55. The van der Waals surface area contributed by atoms with E-state index in [1.165, 1.54) is 0 Å². The molecule has 0 saturated heterocycles. The minimum atomic E-state index is -0.0217. The molecule has 0 saturated carbocycles. The molecule has 0 aliphatic heterocycles. The van der Waals surface area contributed by atoms with E-state index in [4.69, 9.17) is 22.9 Å². The second-order valence-corrected chi connectivity index (χ2v) is 9.46. The Bertz CT molecular complexity index is 1170. The van der Waals surface area contributed by atoms with Crippen LogP contribution in [0, 0.1) is 0 Å². The van der Waals surface area contributed by atoms with Gasteiger partial charge in [-0.1, -0.05) is 23.5 Å². The molecule has 0 fully saturated rings. The molecule has 0 radical (unpaired) electrons. The van der Waals surface area contributed by atoms with E-state index in [0.29, 0.717) is 33.9 Å². The molecule has 0 aliphatic carbocycles. The number of carbonyl (C=O) groups excluding carboxylic acids is 1. The van der Waals surface area contributed by atoms with Gasteiger partial charge in [0.1, 0.15) is 0 Å². The second kappa shape index (κ2) is 9.30. The zero-order valence-corrected chi connectivity index (χ0v) is 18.8. The molecule has 4 aromatic carbocycles. The third kappa shape index (κ3) is 5.01. The quantitative estimate of drug-likeness (QED) is 0.221. The van der Waals surface area contributed by atoms with Gasteiger partial charge in [-0.15, -0.1) is 0 Å². The van der Waals surface area contributed by atoms with Crippen LogP contribution in [0.3, 0.4) is 0 Å². The summed E-state index contributed by atoms with van der Waals surface area (Å²) >= 11 is 3.13. The summed E-state index contributed by atoms with van der Waals surface area (Å²) in [5.41, 5.74) is 26.8. The maximum absolute atomic E-state index is 12.9. The number of anilines is 4. The number of nitrogens with two attached hydrogens (primary N) is 4. The number of benzene rings is 4. The summed E-state index contributed by atoms with van der Waals surface area (Å²) in [6.45, 7) is 0. The lowest BCUT2D eigenvalue weighted by atomic mass is 10.0. The van der Waals surface area contributed by atoms with Crippen molar-refractivity contribution in [3.05, 3.63) is 96.1 Å². The minimum absolute atomic E-state index is 0.0217. The summed E-state index contributed by atoms with van der Waals surface area (Å²) in [7, 11) is 0. The predicted octanol–water partition coefficient (Wildman–Crippen LogP) is 5.55. The fourth-order valence-electron chi connectivity index (χ4n) is 3.02. The Morgan fingerprint density at radius 1 is 0.469 bits per heavy atom. The molecule has 4 aromatic rings. The second-order valence-electron chi connectivity index (χ2n) is 7.16. The SMILES string of the molecule is Nc1ccc(Sc2ccc(C(=O)c3ccc(Sc4ccc(N)c(N)c4)cc3)cc2)cc1N. The van der Waals surface area contributed by atoms with E-state index in [-0.39, 0.29) is 5.78 Å². The average Bonchev–Trinajstić information content (AvgIpc) is 2.79. The van der Waals surface area contributed by atoms with Gasteiger partial charge in [0, 0.05) is 30.7 Å². The Kier molecular flexibility index (Phi) is 6.30. The van der Waals surface area contributed by atoms with Crippen molar-refractivity contribution < 1.29 is 4.79 Å². The first-order valence-electron chi connectivity index (χ1n) is 9.79.